The van der Waals surface area contributed by atoms with Gasteiger partial charge in [-0.1, -0.05) is 38.4 Å². The van der Waals surface area contributed by atoms with Crippen LogP contribution in [-0.2, 0) is 16.0 Å². The molecule has 106 valence electrons. The Hall–Kier alpha value is -1.22. The van der Waals surface area contributed by atoms with E-state index in [0.717, 1.165) is 5.56 Å². The van der Waals surface area contributed by atoms with Crippen molar-refractivity contribution in [2.24, 2.45) is 11.8 Å². The van der Waals surface area contributed by atoms with Gasteiger partial charge in [0, 0.05) is 0 Å². The van der Waals surface area contributed by atoms with Crippen molar-refractivity contribution in [2.45, 2.75) is 27.2 Å². The molecular weight excluding hydrogens is 264 g/mol. The average molecular weight is 285 g/mol. The standard InChI is InChI=1S/C15H21ClO3/c1-10(2)9-19-14-6-5-12(8-13(14)16)7-11(3)15(17)18-4/h5-6,8,10-11H,7,9H2,1-4H3. The number of esters is 1. The second kappa shape index (κ2) is 7.39. The molecule has 0 aliphatic heterocycles. The molecule has 1 atom stereocenters. The van der Waals surface area contributed by atoms with E-state index >= 15 is 0 Å². The molecule has 0 aromatic heterocycles. The van der Waals surface area contributed by atoms with Gasteiger partial charge in [-0.15, -0.1) is 0 Å². The van der Waals surface area contributed by atoms with Crippen LogP contribution >= 0.6 is 11.6 Å². The van der Waals surface area contributed by atoms with Crippen molar-refractivity contribution in [3.05, 3.63) is 28.8 Å². The summed E-state index contributed by atoms with van der Waals surface area (Å²) in [6.07, 6.45) is 0.608. The van der Waals surface area contributed by atoms with Crippen molar-refractivity contribution in [3.8, 4) is 5.75 Å². The number of methoxy groups -OCH3 is 1. The van der Waals surface area contributed by atoms with Crippen LogP contribution in [0.2, 0.25) is 5.02 Å². The molecule has 1 aromatic rings. The molecule has 4 heteroatoms. The minimum absolute atomic E-state index is 0.177. The predicted molar refractivity (Wildman–Crippen MR) is 76.7 cm³/mol. The Balaban J connectivity index is 2.68. The Labute approximate surface area is 119 Å². The molecule has 0 aliphatic carbocycles. The fourth-order valence-electron chi connectivity index (χ4n) is 1.68. The molecule has 0 saturated carbocycles. The predicted octanol–water partition coefficient (Wildman–Crippen LogP) is 3.73. The van der Waals surface area contributed by atoms with Gasteiger partial charge in [0.05, 0.1) is 24.7 Å². The van der Waals surface area contributed by atoms with Gasteiger partial charge >= 0.3 is 5.97 Å². The summed E-state index contributed by atoms with van der Waals surface area (Å²) in [5, 5.41) is 0.579. The lowest BCUT2D eigenvalue weighted by atomic mass is 10.0. The number of halogens is 1. The zero-order valence-electron chi connectivity index (χ0n) is 11.9. The lowest BCUT2D eigenvalue weighted by Gasteiger charge is -2.13. The highest BCUT2D eigenvalue weighted by atomic mass is 35.5. The Kier molecular flexibility index (Phi) is 6.16. The number of ether oxygens (including phenoxy) is 2. The van der Waals surface area contributed by atoms with Crippen LogP contribution in [0.25, 0.3) is 0 Å². The minimum atomic E-state index is -0.212. The van der Waals surface area contributed by atoms with Crippen LogP contribution in [0.4, 0.5) is 0 Å². The fourth-order valence-corrected chi connectivity index (χ4v) is 1.94. The third-order valence-corrected chi connectivity index (χ3v) is 3.01. The summed E-state index contributed by atoms with van der Waals surface area (Å²) in [7, 11) is 1.40. The number of carbonyl (C=O) groups excluding carboxylic acids is 1. The SMILES string of the molecule is COC(=O)C(C)Cc1ccc(OCC(C)C)c(Cl)c1. The molecular formula is C15H21ClO3. The van der Waals surface area contributed by atoms with Crippen LogP contribution in [0.5, 0.6) is 5.75 Å². The maximum absolute atomic E-state index is 11.4. The first kappa shape index (κ1) is 15.8. The molecule has 0 spiro atoms. The third-order valence-electron chi connectivity index (χ3n) is 2.71. The zero-order valence-corrected chi connectivity index (χ0v) is 12.7. The molecule has 0 radical (unpaired) electrons. The van der Waals surface area contributed by atoms with Crippen molar-refractivity contribution in [3.63, 3.8) is 0 Å². The third kappa shape index (κ3) is 5.11. The summed E-state index contributed by atoms with van der Waals surface area (Å²) in [6.45, 7) is 6.64. The molecule has 0 fully saturated rings. The maximum Gasteiger partial charge on any atom is 0.308 e. The maximum atomic E-state index is 11.4. The van der Waals surface area contributed by atoms with E-state index in [2.05, 4.69) is 13.8 Å². The first-order chi connectivity index (χ1) is 8.93. The molecule has 0 amide bonds. The minimum Gasteiger partial charge on any atom is -0.492 e. The van der Waals surface area contributed by atoms with Gasteiger partial charge in [0.15, 0.2) is 0 Å². The van der Waals surface area contributed by atoms with Gasteiger partial charge in [-0.3, -0.25) is 4.79 Å². The summed E-state index contributed by atoms with van der Waals surface area (Å²) < 4.78 is 10.3. The van der Waals surface area contributed by atoms with Crippen LogP contribution in [-0.4, -0.2) is 19.7 Å². The lowest BCUT2D eigenvalue weighted by molar-refractivity contribution is -0.144. The summed E-state index contributed by atoms with van der Waals surface area (Å²) in [4.78, 5) is 11.4. The van der Waals surface area contributed by atoms with Gasteiger partial charge < -0.3 is 9.47 Å². The van der Waals surface area contributed by atoms with Gasteiger partial charge in [0.25, 0.3) is 0 Å². The van der Waals surface area contributed by atoms with E-state index in [1.165, 1.54) is 7.11 Å². The topological polar surface area (TPSA) is 35.5 Å². The van der Waals surface area contributed by atoms with E-state index in [0.29, 0.717) is 29.7 Å². The number of benzene rings is 1. The first-order valence-electron chi connectivity index (χ1n) is 6.43. The summed E-state index contributed by atoms with van der Waals surface area (Å²) in [6, 6.07) is 5.63. The van der Waals surface area contributed by atoms with Crippen LogP contribution in [0.1, 0.15) is 26.3 Å². The molecule has 19 heavy (non-hydrogen) atoms. The van der Waals surface area contributed by atoms with Gasteiger partial charge in [0.1, 0.15) is 5.75 Å². The highest BCUT2D eigenvalue weighted by molar-refractivity contribution is 6.32. The molecule has 0 saturated heterocycles. The highest BCUT2D eigenvalue weighted by Crippen LogP contribution is 2.27. The smallest absolute Gasteiger partial charge is 0.308 e. The lowest BCUT2D eigenvalue weighted by Crippen LogP contribution is -2.15. The van der Waals surface area contributed by atoms with E-state index in [1.54, 1.807) is 0 Å². The van der Waals surface area contributed by atoms with Crippen molar-refractivity contribution >= 4 is 17.6 Å². The van der Waals surface area contributed by atoms with Crippen LogP contribution in [0.15, 0.2) is 18.2 Å². The first-order valence-corrected chi connectivity index (χ1v) is 6.81. The van der Waals surface area contributed by atoms with Crippen LogP contribution in [0, 0.1) is 11.8 Å². The van der Waals surface area contributed by atoms with Crippen molar-refractivity contribution < 1.29 is 14.3 Å². The molecule has 0 aliphatic rings. The Morgan fingerprint density at radius 1 is 1.32 bits per heavy atom. The largest absolute Gasteiger partial charge is 0.492 e. The van der Waals surface area contributed by atoms with Crippen molar-refractivity contribution in [2.75, 3.05) is 13.7 Å². The molecule has 0 heterocycles. The Bertz CT molecular complexity index is 429. The van der Waals surface area contributed by atoms with E-state index in [-0.39, 0.29) is 11.9 Å². The van der Waals surface area contributed by atoms with E-state index in [1.807, 2.05) is 25.1 Å². The second-order valence-corrected chi connectivity index (χ2v) is 5.51. The van der Waals surface area contributed by atoms with E-state index in [4.69, 9.17) is 21.1 Å². The van der Waals surface area contributed by atoms with E-state index < -0.39 is 0 Å². The highest BCUT2D eigenvalue weighted by Gasteiger charge is 2.14. The normalized spacial score (nSPS) is 12.3. The zero-order chi connectivity index (χ0) is 14.4. The second-order valence-electron chi connectivity index (χ2n) is 5.10. The molecule has 0 bridgehead atoms. The van der Waals surface area contributed by atoms with Crippen molar-refractivity contribution in [1.82, 2.24) is 0 Å². The number of hydrogen-bond acceptors (Lipinski definition) is 3. The number of rotatable bonds is 6. The molecule has 3 nitrogen and oxygen atoms in total. The number of carbonyl (C=O) groups is 1. The van der Waals surface area contributed by atoms with Gasteiger partial charge in [-0.05, 0) is 30.0 Å². The van der Waals surface area contributed by atoms with Crippen LogP contribution < -0.4 is 4.74 Å². The molecule has 0 N–H and O–H groups in total. The Morgan fingerprint density at radius 2 is 2.00 bits per heavy atom. The quantitative estimate of drug-likeness (QED) is 0.747. The van der Waals surface area contributed by atoms with Crippen molar-refractivity contribution in [1.29, 1.82) is 0 Å². The fraction of sp³-hybridized carbons (Fsp3) is 0.533. The summed E-state index contributed by atoms with van der Waals surface area (Å²) in [5.41, 5.74) is 1.000. The van der Waals surface area contributed by atoms with Gasteiger partial charge in [0.2, 0.25) is 0 Å². The summed E-state index contributed by atoms with van der Waals surface area (Å²) in [5.74, 6) is 0.750. The van der Waals surface area contributed by atoms with Crippen LogP contribution in [0.3, 0.4) is 0 Å². The summed E-state index contributed by atoms with van der Waals surface area (Å²) >= 11 is 6.17. The average Bonchev–Trinajstić information content (AvgIpc) is 2.36. The Morgan fingerprint density at radius 3 is 2.53 bits per heavy atom. The number of hydrogen-bond donors (Lipinski definition) is 0. The van der Waals surface area contributed by atoms with Gasteiger partial charge in [-0.25, -0.2) is 0 Å². The monoisotopic (exact) mass is 284 g/mol. The van der Waals surface area contributed by atoms with E-state index in [9.17, 15) is 4.79 Å². The molecule has 1 unspecified atom stereocenters. The van der Waals surface area contributed by atoms with Gasteiger partial charge in [-0.2, -0.15) is 0 Å². The molecule has 1 rings (SSSR count). The molecule has 1 aromatic carbocycles.